The van der Waals surface area contributed by atoms with E-state index in [1.54, 1.807) is 0 Å². The van der Waals surface area contributed by atoms with Crippen molar-refractivity contribution in [3.8, 4) is 0 Å². The summed E-state index contributed by atoms with van der Waals surface area (Å²) in [6.45, 7) is 13.7. The fourth-order valence-corrected chi connectivity index (χ4v) is 8.74. The summed E-state index contributed by atoms with van der Waals surface area (Å²) in [7, 11) is 0. The van der Waals surface area contributed by atoms with E-state index < -0.39 is 0 Å². The molecule has 370 valence electrons. The van der Waals surface area contributed by atoms with Gasteiger partial charge in [-0.05, 0) is 96.7 Å². The molecule has 10 heteroatoms. The van der Waals surface area contributed by atoms with Crippen LogP contribution in [0, 0.1) is 0 Å². The maximum absolute atomic E-state index is 12.3. The normalized spacial score (nSPS) is 15.3. The van der Waals surface area contributed by atoms with Crippen molar-refractivity contribution in [3.63, 3.8) is 0 Å². The minimum Gasteiger partial charge on any atom is -0.468 e. The predicted molar refractivity (Wildman–Crippen MR) is 259 cm³/mol. The number of ether oxygens (including phenoxy) is 4. The van der Waals surface area contributed by atoms with Crippen molar-refractivity contribution >= 4 is 24.4 Å². The quantitative estimate of drug-likeness (QED) is 0.0254. The smallest absolute Gasteiger partial charge is 0.320 e. The van der Waals surface area contributed by atoms with Gasteiger partial charge in [0.1, 0.15) is 12.2 Å². The van der Waals surface area contributed by atoms with Gasteiger partial charge in [-0.3, -0.25) is 29.0 Å². The third-order valence-electron chi connectivity index (χ3n) is 12.7. The van der Waals surface area contributed by atoms with Crippen molar-refractivity contribution in [3.05, 3.63) is 0 Å². The molecule has 0 aromatic carbocycles. The van der Waals surface area contributed by atoms with Crippen LogP contribution >= 0.6 is 0 Å². The average Bonchev–Trinajstić information content (AvgIpc) is 3.97. The number of rotatable bonds is 43. The average molecular weight is 893 g/mol. The Morgan fingerprint density at radius 2 is 1.00 bits per heavy atom. The van der Waals surface area contributed by atoms with Gasteiger partial charge in [0.2, 0.25) is 0 Å². The molecule has 0 N–H and O–H groups in total. The zero-order valence-electron chi connectivity index (χ0n) is 41.5. The fourth-order valence-electron chi connectivity index (χ4n) is 8.74. The number of unbranched alkanes of at least 4 members (excludes halogenated alkanes) is 24. The van der Waals surface area contributed by atoms with Crippen LogP contribution in [0.3, 0.4) is 0 Å². The van der Waals surface area contributed by atoms with E-state index in [1.165, 1.54) is 141 Å². The van der Waals surface area contributed by atoms with Crippen molar-refractivity contribution in [1.29, 1.82) is 0 Å². The molecule has 0 aromatic rings. The van der Waals surface area contributed by atoms with Crippen molar-refractivity contribution in [2.24, 2.45) is 0 Å². The van der Waals surface area contributed by atoms with E-state index in [0.717, 1.165) is 110 Å². The lowest BCUT2D eigenvalue weighted by atomic mass is 10.0. The molecule has 0 bridgehead atoms. The first-order valence-electron chi connectivity index (χ1n) is 27.0. The summed E-state index contributed by atoms with van der Waals surface area (Å²) >= 11 is 0. The van der Waals surface area contributed by atoms with E-state index in [0.29, 0.717) is 39.1 Å². The third-order valence-corrected chi connectivity index (χ3v) is 12.7. The summed E-state index contributed by atoms with van der Waals surface area (Å²) in [6.07, 6.45) is 41.5. The summed E-state index contributed by atoms with van der Waals surface area (Å²) in [5, 5.41) is 0. The molecule has 10 nitrogen and oxygen atoms in total. The van der Waals surface area contributed by atoms with E-state index >= 15 is 0 Å². The number of hydrogen-bond donors (Lipinski definition) is 0. The van der Waals surface area contributed by atoms with Crippen LogP contribution in [-0.4, -0.2) is 98.9 Å². The fraction of sp³-hybridized carbons (Fsp3) is 0.925. The summed E-state index contributed by atoms with van der Waals surface area (Å²) in [5.74, 6) is -0.119. The number of nitrogens with zero attached hydrogens (tertiary/aromatic N) is 2. The zero-order chi connectivity index (χ0) is 45.7. The minimum atomic E-state index is -0.0651. The van der Waals surface area contributed by atoms with E-state index in [9.17, 15) is 19.2 Å². The van der Waals surface area contributed by atoms with Crippen LogP contribution in [0.25, 0.3) is 0 Å². The van der Waals surface area contributed by atoms with Crippen molar-refractivity contribution < 1.29 is 38.1 Å². The predicted octanol–water partition coefficient (Wildman–Crippen LogP) is 13.2. The topological polar surface area (TPSA) is 112 Å². The third kappa shape index (κ3) is 38.8. The molecule has 63 heavy (non-hydrogen) atoms. The molecule has 0 spiro atoms. The second-order valence-electron chi connectivity index (χ2n) is 18.8. The first-order chi connectivity index (χ1) is 30.9. The minimum absolute atomic E-state index is 0.0127. The maximum Gasteiger partial charge on any atom is 0.320 e. The maximum atomic E-state index is 12.3. The Morgan fingerprint density at radius 1 is 0.524 bits per heavy atom. The number of hydrogen-bond acceptors (Lipinski definition) is 10. The Kier molecular flexibility index (Phi) is 42.0. The number of likely N-dealkylation sites (tertiary alicyclic amines) is 2. The molecule has 2 rings (SSSR count). The molecule has 0 amide bonds. The van der Waals surface area contributed by atoms with Gasteiger partial charge in [-0.25, -0.2) is 0 Å². The van der Waals surface area contributed by atoms with Crippen LogP contribution < -0.4 is 0 Å². The lowest BCUT2D eigenvalue weighted by Gasteiger charge is -2.18. The van der Waals surface area contributed by atoms with E-state index in [4.69, 9.17) is 14.2 Å². The van der Waals surface area contributed by atoms with Gasteiger partial charge in [0.15, 0.2) is 0 Å². The Balaban J connectivity index is 0.000000634. The molecule has 2 fully saturated rings. The molecular weight excluding hydrogens is 793 g/mol. The van der Waals surface area contributed by atoms with Crippen molar-refractivity contribution in [1.82, 2.24) is 9.80 Å². The molecule has 2 aliphatic rings. The SMILES string of the molecule is CCCCCCCCC(CCCCCCCC)OC(=O)CCCCCCCOC=O.CCCCCCCCCCCOC(=O)CCCCCN1CCC(OC(=O)CN2CCCC2)C1. The first kappa shape index (κ1) is 58.8. The Morgan fingerprint density at radius 3 is 1.56 bits per heavy atom. The number of esters is 3. The van der Waals surface area contributed by atoms with Crippen LogP contribution in [-0.2, 0) is 38.1 Å². The Bertz CT molecular complexity index is 1040. The highest BCUT2D eigenvalue weighted by Gasteiger charge is 2.26. The van der Waals surface area contributed by atoms with E-state index in [1.807, 2.05) is 0 Å². The highest BCUT2D eigenvalue weighted by atomic mass is 16.6. The number of carbonyl (C=O) groups excluding carboxylic acids is 4. The molecule has 0 aromatic heterocycles. The van der Waals surface area contributed by atoms with Crippen LogP contribution in [0.1, 0.15) is 252 Å². The van der Waals surface area contributed by atoms with Gasteiger partial charge in [-0.2, -0.15) is 0 Å². The van der Waals surface area contributed by atoms with Gasteiger partial charge in [0, 0.05) is 25.9 Å². The van der Waals surface area contributed by atoms with Gasteiger partial charge < -0.3 is 18.9 Å². The molecule has 0 radical (unpaired) electrons. The van der Waals surface area contributed by atoms with Crippen molar-refractivity contribution in [2.45, 2.75) is 264 Å². The molecule has 1 atom stereocenters. The second kappa shape index (κ2) is 45.0. The molecular formula is C53H100N2O8. The van der Waals surface area contributed by atoms with Crippen LogP contribution in [0.2, 0.25) is 0 Å². The molecule has 1 unspecified atom stereocenters. The standard InChI is InChI=1S/C27H50N2O4.C26H50O4/c1-2-3-4-5-6-7-8-9-15-22-32-26(30)16-11-10-12-18-29-21-17-25(23-29)33-27(31)24-28-19-13-14-20-28;1-3-5-7-9-12-16-20-25(21-17-13-10-8-6-4-2)30-26(28)22-18-14-11-15-19-23-29-24-27/h25H,2-24H2,1H3;24-25H,3-23H2,1-2H3. The summed E-state index contributed by atoms with van der Waals surface area (Å²) < 4.78 is 21.6. The second-order valence-corrected chi connectivity index (χ2v) is 18.8. The van der Waals surface area contributed by atoms with Crippen LogP contribution in [0.4, 0.5) is 0 Å². The molecule has 0 aliphatic carbocycles. The lowest BCUT2D eigenvalue weighted by Crippen LogP contribution is -2.32. The highest BCUT2D eigenvalue weighted by molar-refractivity contribution is 5.72. The van der Waals surface area contributed by atoms with Gasteiger partial charge in [0.05, 0.1) is 19.8 Å². The first-order valence-corrected chi connectivity index (χ1v) is 27.0. The van der Waals surface area contributed by atoms with Crippen molar-refractivity contribution in [2.75, 3.05) is 52.5 Å². The largest absolute Gasteiger partial charge is 0.468 e. The lowest BCUT2D eigenvalue weighted by molar-refractivity contribution is -0.150. The summed E-state index contributed by atoms with van der Waals surface area (Å²) in [4.78, 5) is 50.9. The Labute approximate surface area is 387 Å². The zero-order valence-corrected chi connectivity index (χ0v) is 41.5. The van der Waals surface area contributed by atoms with Gasteiger partial charge in [-0.15, -0.1) is 0 Å². The van der Waals surface area contributed by atoms with Gasteiger partial charge >= 0.3 is 17.9 Å². The molecule has 2 heterocycles. The molecule has 2 saturated heterocycles. The summed E-state index contributed by atoms with van der Waals surface area (Å²) in [6, 6.07) is 0. The monoisotopic (exact) mass is 893 g/mol. The van der Waals surface area contributed by atoms with E-state index in [2.05, 4.69) is 35.3 Å². The molecule has 0 saturated carbocycles. The van der Waals surface area contributed by atoms with E-state index in [-0.39, 0.29) is 30.1 Å². The van der Waals surface area contributed by atoms with Crippen LogP contribution in [0.15, 0.2) is 0 Å². The van der Waals surface area contributed by atoms with Gasteiger partial charge in [-0.1, -0.05) is 162 Å². The molecule has 2 aliphatic heterocycles. The number of carbonyl (C=O) groups is 4. The summed E-state index contributed by atoms with van der Waals surface area (Å²) in [5.41, 5.74) is 0. The van der Waals surface area contributed by atoms with Gasteiger partial charge in [0.25, 0.3) is 6.47 Å². The van der Waals surface area contributed by atoms with Crippen LogP contribution in [0.5, 0.6) is 0 Å². The highest BCUT2D eigenvalue weighted by Crippen LogP contribution is 2.19. The Hall–Kier alpha value is -2.20.